The third kappa shape index (κ3) is 4.90. The number of nitrogens with zero attached hydrogens (tertiary/aromatic N) is 4. The number of aromatic nitrogens is 2. The van der Waals surface area contributed by atoms with Crippen LogP contribution in [0.4, 0.5) is 11.8 Å². The summed E-state index contributed by atoms with van der Waals surface area (Å²) in [5.41, 5.74) is 0.424. The number of rotatable bonds is 6. The molecule has 0 spiro atoms. The van der Waals surface area contributed by atoms with Gasteiger partial charge >= 0.3 is 0 Å². The lowest BCUT2D eigenvalue weighted by molar-refractivity contribution is 0.196. The molecule has 6 heteroatoms. The molecule has 0 unspecified atom stereocenters. The Kier molecular flexibility index (Phi) is 7.05. The summed E-state index contributed by atoms with van der Waals surface area (Å²) in [6, 6.07) is 2.47. The molecular formula is C22H36N6. The first-order valence-electron chi connectivity index (χ1n) is 10.8. The molecule has 2 saturated heterocycles. The van der Waals surface area contributed by atoms with Gasteiger partial charge in [0.05, 0.1) is 0 Å². The van der Waals surface area contributed by atoms with Crippen LogP contribution < -0.4 is 15.5 Å². The number of fused-ring (bicyclic) bond motifs is 1. The van der Waals surface area contributed by atoms with Crippen molar-refractivity contribution in [3.8, 4) is 0 Å². The van der Waals surface area contributed by atoms with Crippen molar-refractivity contribution in [3.63, 3.8) is 0 Å². The zero-order valence-electron chi connectivity index (χ0n) is 17.9. The van der Waals surface area contributed by atoms with Crippen LogP contribution in [-0.4, -0.2) is 42.4 Å². The number of aliphatic imine (C=N–C) groups is 1. The van der Waals surface area contributed by atoms with E-state index in [2.05, 4.69) is 37.4 Å². The first-order chi connectivity index (χ1) is 13.6. The summed E-state index contributed by atoms with van der Waals surface area (Å²) in [6.45, 7) is 8.31. The fraction of sp³-hybridized carbons (Fsp3) is 0.682. The monoisotopic (exact) mass is 384 g/mol. The molecule has 3 heterocycles. The van der Waals surface area contributed by atoms with Gasteiger partial charge in [-0.05, 0) is 51.8 Å². The highest BCUT2D eigenvalue weighted by atomic mass is 15.3. The second-order valence-electron chi connectivity index (χ2n) is 8.54. The van der Waals surface area contributed by atoms with Crippen molar-refractivity contribution in [2.24, 2.45) is 16.3 Å². The van der Waals surface area contributed by atoms with Crippen LogP contribution in [0.2, 0.25) is 0 Å². The van der Waals surface area contributed by atoms with Crippen molar-refractivity contribution >= 4 is 18.0 Å². The topological polar surface area (TPSA) is 65.4 Å². The molecule has 0 radical (unpaired) electrons. The summed E-state index contributed by atoms with van der Waals surface area (Å²) in [6.07, 6.45) is 13.9. The summed E-state index contributed by atoms with van der Waals surface area (Å²) < 4.78 is 0. The Labute approximate surface area is 169 Å². The number of nitrogens with one attached hydrogen (secondary N) is 2. The number of hydrogen-bond acceptors (Lipinski definition) is 6. The molecule has 5 rings (SSSR count). The van der Waals surface area contributed by atoms with E-state index in [0.717, 1.165) is 36.6 Å². The first kappa shape index (κ1) is 20.8. The molecule has 0 atom stereocenters. The van der Waals surface area contributed by atoms with Gasteiger partial charge in [-0.25, -0.2) is 9.98 Å². The van der Waals surface area contributed by atoms with Gasteiger partial charge in [0, 0.05) is 37.0 Å². The minimum absolute atomic E-state index is 0.424. The summed E-state index contributed by atoms with van der Waals surface area (Å²) in [5, 5.41) is 6.55. The smallest absolute Gasteiger partial charge is 0.227 e. The molecule has 0 aromatic carbocycles. The molecule has 6 nitrogen and oxygen atoms in total. The van der Waals surface area contributed by atoms with Crippen LogP contribution in [0.1, 0.15) is 59.3 Å². The molecule has 1 aromatic heterocycles. The van der Waals surface area contributed by atoms with Gasteiger partial charge in [0.2, 0.25) is 5.95 Å². The van der Waals surface area contributed by atoms with Crippen molar-refractivity contribution in [1.82, 2.24) is 15.3 Å². The van der Waals surface area contributed by atoms with Crippen molar-refractivity contribution in [1.29, 1.82) is 0 Å². The Balaban J connectivity index is 0.000000320. The van der Waals surface area contributed by atoms with Crippen LogP contribution in [0.15, 0.2) is 29.2 Å². The van der Waals surface area contributed by atoms with Gasteiger partial charge in [0.15, 0.2) is 0 Å². The fourth-order valence-corrected chi connectivity index (χ4v) is 4.72. The lowest BCUT2D eigenvalue weighted by Gasteiger charge is -2.36. The molecule has 2 N–H and O–H groups in total. The highest BCUT2D eigenvalue weighted by molar-refractivity contribution is 5.57. The van der Waals surface area contributed by atoms with Gasteiger partial charge in [0.1, 0.15) is 11.6 Å². The highest BCUT2D eigenvalue weighted by Crippen LogP contribution is 2.52. The normalized spacial score (nSPS) is 26.9. The van der Waals surface area contributed by atoms with Crippen molar-refractivity contribution in [2.45, 2.75) is 65.3 Å². The fourth-order valence-electron chi connectivity index (χ4n) is 4.72. The second-order valence-corrected chi connectivity index (χ2v) is 8.54. The molecule has 28 heavy (non-hydrogen) atoms. The van der Waals surface area contributed by atoms with E-state index in [4.69, 9.17) is 0 Å². The maximum absolute atomic E-state index is 4.66. The van der Waals surface area contributed by atoms with E-state index in [1.165, 1.54) is 38.5 Å². The average Bonchev–Trinajstić information content (AvgIpc) is 3.37. The molecule has 4 aliphatic rings. The molecule has 2 bridgehead atoms. The molecule has 0 amide bonds. The summed E-state index contributed by atoms with van der Waals surface area (Å²) in [4.78, 5) is 15.7. The zero-order valence-corrected chi connectivity index (χ0v) is 17.9. The van der Waals surface area contributed by atoms with Gasteiger partial charge in [0.25, 0.3) is 0 Å². The predicted molar refractivity (Wildman–Crippen MR) is 118 cm³/mol. The summed E-state index contributed by atoms with van der Waals surface area (Å²) >= 11 is 0. The number of hydrogen-bond donors (Lipinski definition) is 2. The number of allylic oxidation sites excluding steroid dienone is 1. The van der Waals surface area contributed by atoms with E-state index in [1.807, 2.05) is 39.2 Å². The Morgan fingerprint density at radius 2 is 2.07 bits per heavy atom. The Morgan fingerprint density at radius 3 is 2.64 bits per heavy atom. The molecular weight excluding hydrogens is 348 g/mol. The van der Waals surface area contributed by atoms with E-state index in [-0.39, 0.29) is 0 Å². The van der Waals surface area contributed by atoms with Gasteiger partial charge in [-0.1, -0.05) is 32.6 Å². The minimum Gasteiger partial charge on any atom is -0.337 e. The SMILES string of the molecule is C/C=N\C(=C/C)Nc1ccnc(N2CC3(CNC)CC2C3)n1.CC1CCCC1. The highest BCUT2D eigenvalue weighted by Gasteiger charge is 2.55. The van der Waals surface area contributed by atoms with Crippen LogP contribution in [0.3, 0.4) is 0 Å². The van der Waals surface area contributed by atoms with E-state index < -0.39 is 0 Å². The predicted octanol–water partition coefficient (Wildman–Crippen LogP) is 4.23. The van der Waals surface area contributed by atoms with Crippen LogP contribution >= 0.6 is 0 Å². The maximum atomic E-state index is 4.66. The van der Waals surface area contributed by atoms with Crippen molar-refractivity contribution < 1.29 is 0 Å². The quantitative estimate of drug-likeness (QED) is 0.719. The second kappa shape index (κ2) is 9.50. The van der Waals surface area contributed by atoms with Crippen molar-refractivity contribution in [3.05, 3.63) is 24.2 Å². The summed E-state index contributed by atoms with van der Waals surface area (Å²) in [7, 11) is 2.03. The van der Waals surface area contributed by atoms with Gasteiger partial charge in [-0.3, -0.25) is 0 Å². The molecule has 4 fully saturated rings. The minimum atomic E-state index is 0.424. The lowest BCUT2D eigenvalue weighted by atomic mass is 9.70. The Morgan fingerprint density at radius 1 is 1.32 bits per heavy atom. The van der Waals surface area contributed by atoms with Crippen molar-refractivity contribution in [2.75, 3.05) is 30.4 Å². The van der Waals surface area contributed by atoms with Gasteiger partial charge in [-0.15, -0.1) is 0 Å². The van der Waals surface area contributed by atoms with E-state index in [0.29, 0.717) is 11.5 Å². The molecule has 2 aliphatic heterocycles. The van der Waals surface area contributed by atoms with Gasteiger partial charge < -0.3 is 15.5 Å². The zero-order chi connectivity index (χ0) is 20.0. The summed E-state index contributed by atoms with van der Waals surface area (Å²) in [5.74, 6) is 3.45. The molecule has 1 aromatic rings. The maximum Gasteiger partial charge on any atom is 0.227 e. The van der Waals surface area contributed by atoms with Gasteiger partial charge in [-0.2, -0.15) is 4.98 Å². The third-order valence-corrected chi connectivity index (χ3v) is 6.18. The van der Waals surface area contributed by atoms with Crippen LogP contribution in [-0.2, 0) is 0 Å². The number of anilines is 2. The first-order valence-corrected chi connectivity index (χ1v) is 10.8. The largest absolute Gasteiger partial charge is 0.337 e. The van der Waals surface area contributed by atoms with E-state index in [1.54, 1.807) is 6.21 Å². The Bertz CT molecular complexity index is 686. The van der Waals surface area contributed by atoms with Crippen LogP contribution in [0.5, 0.6) is 0 Å². The molecule has 2 aliphatic carbocycles. The van der Waals surface area contributed by atoms with E-state index >= 15 is 0 Å². The lowest BCUT2D eigenvalue weighted by Crippen LogP contribution is -2.41. The van der Waals surface area contributed by atoms with E-state index in [9.17, 15) is 0 Å². The average molecular weight is 385 g/mol. The molecule has 154 valence electrons. The van der Waals surface area contributed by atoms with Crippen LogP contribution in [0, 0.1) is 11.3 Å². The Hall–Kier alpha value is -1.95. The standard InChI is InChI=1S/C16H24N6.C6H12/c1-4-13(18-5-2)20-14-6-7-19-15(21-14)22-11-16(10-17-3)8-12(22)9-16;1-6-4-2-3-5-6/h4-7,12,17H,8-11H2,1-3H3,(H,19,20,21);6H,2-5H2,1H3/b13-4+,18-5-;. The molecule has 2 saturated carbocycles. The third-order valence-electron chi connectivity index (χ3n) is 6.18. The van der Waals surface area contributed by atoms with Crippen LogP contribution in [0.25, 0.3) is 0 Å².